The maximum atomic E-state index is 6.08. The van der Waals surface area contributed by atoms with E-state index in [0.717, 1.165) is 12.8 Å². The highest BCUT2D eigenvalue weighted by molar-refractivity contribution is 6.17. The van der Waals surface area contributed by atoms with E-state index in [1.165, 1.54) is 5.57 Å². The van der Waals surface area contributed by atoms with E-state index in [1.54, 1.807) is 0 Å². The number of alkyl halides is 1. The average molecular weight is 231 g/mol. The van der Waals surface area contributed by atoms with Crippen molar-refractivity contribution < 1.29 is 4.74 Å². The van der Waals surface area contributed by atoms with Crippen molar-refractivity contribution in [3.8, 4) is 0 Å². The summed E-state index contributed by atoms with van der Waals surface area (Å²) in [4.78, 5) is 0. The Morgan fingerprint density at radius 2 is 2.00 bits per heavy atom. The van der Waals surface area contributed by atoms with Gasteiger partial charge in [-0.2, -0.15) is 0 Å². The SMILES string of the molecule is CC(=CCCCl)C1CC(C)(C)OC1(C)C. The third-order valence-electron chi connectivity index (χ3n) is 3.20. The second-order valence-corrected chi connectivity index (χ2v) is 6.03. The van der Waals surface area contributed by atoms with Crippen molar-refractivity contribution in [2.24, 2.45) is 5.92 Å². The summed E-state index contributed by atoms with van der Waals surface area (Å²) in [7, 11) is 0. The van der Waals surface area contributed by atoms with Gasteiger partial charge in [-0.15, -0.1) is 11.6 Å². The fourth-order valence-corrected chi connectivity index (χ4v) is 2.81. The Kier molecular flexibility index (Phi) is 3.89. The zero-order valence-corrected chi connectivity index (χ0v) is 11.3. The van der Waals surface area contributed by atoms with Crippen molar-refractivity contribution in [1.82, 2.24) is 0 Å². The Hall–Kier alpha value is -0.0100. The molecule has 1 unspecified atom stereocenters. The predicted molar refractivity (Wildman–Crippen MR) is 66.4 cm³/mol. The van der Waals surface area contributed by atoms with E-state index in [-0.39, 0.29) is 11.2 Å². The van der Waals surface area contributed by atoms with Gasteiger partial charge in [0.15, 0.2) is 0 Å². The van der Waals surface area contributed by atoms with Gasteiger partial charge in [0.1, 0.15) is 0 Å². The second kappa shape index (κ2) is 4.47. The van der Waals surface area contributed by atoms with E-state index in [0.29, 0.717) is 11.8 Å². The number of allylic oxidation sites excluding steroid dienone is 1. The van der Waals surface area contributed by atoms with Crippen molar-refractivity contribution in [3.63, 3.8) is 0 Å². The molecule has 0 bridgehead atoms. The molecule has 15 heavy (non-hydrogen) atoms. The monoisotopic (exact) mass is 230 g/mol. The standard InChI is InChI=1S/C13H23ClO/c1-10(7-6-8-14)11-9-12(2,3)15-13(11,4)5/h7,11H,6,8-9H2,1-5H3. The lowest BCUT2D eigenvalue weighted by Gasteiger charge is -2.28. The highest BCUT2D eigenvalue weighted by atomic mass is 35.5. The molecular weight excluding hydrogens is 208 g/mol. The maximum Gasteiger partial charge on any atom is 0.0699 e. The van der Waals surface area contributed by atoms with Gasteiger partial charge in [-0.25, -0.2) is 0 Å². The van der Waals surface area contributed by atoms with E-state index in [2.05, 4.69) is 40.7 Å². The first kappa shape index (κ1) is 13.1. The molecular formula is C13H23ClO. The van der Waals surface area contributed by atoms with Crippen molar-refractivity contribution in [3.05, 3.63) is 11.6 Å². The average Bonchev–Trinajstić information content (AvgIpc) is 2.30. The Morgan fingerprint density at radius 1 is 1.40 bits per heavy atom. The van der Waals surface area contributed by atoms with E-state index in [1.807, 2.05) is 0 Å². The van der Waals surface area contributed by atoms with Gasteiger partial charge in [0.2, 0.25) is 0 Å². The van der Waals surface area contributed by atoms with E-state index in [9.17, 15) is 0 Å². The predicted octanol–water partition coefficient (Wildman–Crippen LogP) is 4.16. The normalized spacial score (nSPS) is 29.5. The molecule has 1 atom stereocenters. The smallest absolute Gasteiger partial charge is 0.0699 e. The van der Waals surface area contributed by atoms with E-state index >= 15 is 0 Å². The first-order valence-corrected chi connectivity index (χ1v) is 6.25. The van der Waals surface area contributed by atoms with Gasteiger partial charge < -0.3 is 4.74 Å². The van der Waals surface area contributed by atoms with Gasteiger partial charge >= 0.3 is 0 Å². The Balaban J connectivity index is 2.78. The zero-order chi connectivity index (χ0) is 11.7. The fourth-order valence-electron chi connectivity index (χ4n) is 2.70. The molecule has 88 valence electrons. The highest BCUT2D eigenvalue weighted by Gasteiger charge is 2.46. The molecule has 1 fully saturated rings. The van der Waals surface area contributed by atoms with Gasteiger partial charge in [0.25, 0.3) is 0 Å². The second-order valence-electron chi connectivity index (χ2n) is 5.65. The summed E-state index contributed by atoms with van der Waals surface area (Å²) in [6.45, 7) is 10.9. The molecule has 1 aliphatic rings. The molecule has 1 saturated heterocycles. The summed E-state index contributed by atoms with van der Waals surface area (Å²) < 4.78 is 6.08. The van der Waals surface area contributed by atoms with Crippen LogP contribution in [0.5, 0.6) is 0 Å². The van der Waals surface area contributed by atoms with E-state index in [4.69, 9.17) is 16.3 Å². The lowest BCUT2D eigenvalue weighted by Crippen LogP contribution is -2.29. The minimum Gasteiger partial charge on any atom is -0.369 e. The van der Waals surface area contributed by atoms with Crippen LogP contribution in [0.1, 0.15) is 47.5 Å². The number of rotatable bonds is 3. The molecule has 0 radical (unpaired) electrons. The number of halogens is 1. The summed E-state index contributed by atoms with van der Waals surface area (Å²) in [6.07, 6.45) is 4.31. The molecule has 0 aliphatic carbocycles. The highest BCUT2D eigenvalue weighted by Crippen LogP contribution is 2.45. The van der Waals surface area contributed by atoms with Crippen molar-refractivity contribution in [2.75, 3.05) is 5.88 Å². The minimum atomic E-state index is -0.0452. The number of hydrogen-bond donors (Lipinski definition) is 0. The van der Waals surface area contributed by atoms with Crippen molar-refractivity contribution in [2.45, 2.75) is 58.7 Å². The van der Waals surface area contributed by atoms with Crippen LogP contribution in [-0.4, -0.2) is 17.1 Å². The van der Waals surface area contributed by atoms with Gasteiger partial charge in [0, 0.05) is 11.8 Å². The van der Waals surface area contributed by atoms with Crippen LogP contribution in [0.15, 0.2) is 11.6 Å². The summed E-state index contributed by atoms with van der Waals surface area (Å²) in [5.74, 6) is 1.23. The largest absolute Gasteiger partial charge is 0.369 e. The summed E-state index contributed by atoms with van der Waals surface area (Å²) >= 11 is 5.70. The molecule has 0 aromatic rings. The van der Waals surface area contributed by atoms with Crippen LogP contribution in [0.2, 0.25) is 0 Å². The first-order chi connectivity index (χ1) is 6.78. The van der Waals surface area contributed by atoms with Gasteiger partial charge in [-0.1, -0.05) is 11.6 Å². The Morgan fingerprint density at radius 3 is 2.40 bits per heavy atom. The van der Waals surface area contributed by atoms with Crippen molar-refractivity contribution in [1.29, 1.82) is 0 Å². The molecule has 1 rings (SSSR count). The topological polar surface area (TPSA) is 9.23 Å². The molecule has 0 N–H and O–H groups in total. The van der Waals surface area contributed by atoms with Gasteiger partial charge in [-0.3, -0.25) is 0 Å². The maximum absolute atomic E-state index is 6.08. The summed E-state index contributed by atoms with van der Waals surface area (Å²) in [5, 5.41) is 0. The van der Waals surface area contributed by atoms with E-state index < -0.39 is 0 Å². The van der Waals surface area contributed by atoms with Crippen LogP contribution in [-0.2, 0) is 4.74 Å². The molecule has 0 spiro atoms. The van der Waals surface area contributed by atoms with Crippen LogP contribution in [0, 0.1) is 5.92 Å². The summed E-state index contributed by atoms with van der Waals surface area (Å²) in [6, 6.07) is 0. The molecule has 0 aromatic carbocycles. The molecule has 0 amide bonds. The number of hydrogen-bond acceptors (Lipinski definition) is 1. The molecule has 0 aromatic heterocycles. The molecule has 1 aliphatic heterocycles. The van der Waals surface area contributed by atoms with Gasteiger partial charge in [-0.05, 0) is 47.5 Å². The van der Waals surface area contributed by atoms with Gasteiger partial charge in [0.05, 0.1) is 11.2 Å². The first-order valence-electron chi connectivity index (χ1n) is 5.71. The summed E-state index contributed by atoms with van der Waals surface area (Å²) in [5.41, 5.74) is 1.38. The van der Waals surface area contributed by atoms with Crippen LogP contribution < -0.4 is 0 Å². The third kappa shape index (κ3) is 3.22. The third-order valence-corrected chi connectivity index (χ3v) is 3.42. The molecule has 0 saturated carbocycles. The van der Waals surface area contributed by atoms with Crippen molar-refractivity contribution >= 4 is 11.6 Å². The van der Waals surface area contributed by atoms with Crippen LogP contribution in [0.25, 0.3) is 0 Å². The molecule has 1 heterocycles. The van der Waals surface area contributed by atoms with Crippen LogP contribution in [0.3, 0.4) is 0 Å². The Labute approximate surface area is 98.8 Å². The zero-order valence-electron chi connectivity index (χ0n) is 10.6. The van der Waals surface area contributed by atoms with Crippen LogP contribution >= 0.6 is 11.6 Å². The lowest BCUT2D eigenvalue weighted by atomic mass is 9.82. The molecule has 2 heteroatoms. The fraction of sp³-hybridized carbons (Fsp3) is 0.846. The Bertz CT molecular complexity index is 253. The number of ether oxygens (including phenoxy) is 1. The van der Waals surface area contributed by atoms with Crippen LogP contribution in [0.4, 0.5) is 0 Å². The minimum absolute atomic E-state index is 0.00420. The quantitative estimate of drug-likeness (QED) is 0.523. The lowest BCUT2D eigenvalue weighted by molar-refractivity contribution is -0.0714. The molecule has 1 nitrogen and oxygen atoms in total.